The average molecular weight is 336 g/mol. The van der Waals surface area contributed by atoms with Crippen LogP contribution in [-0.2, 0) is 13.8 Å². The van der Waals surface area contributed by atoms with Gasteiger partial charge in [-0.05, 0) is 19.4 Å². The Morgan fingerprint density at radius 3 is 2.52 bits per heavy atom. The lowest BCUT2D eigenvalue weighted by Crippen LogP contribution is -2.15. The minimum atomic E-state index is -4.19. The highest BCUT2D eigenvalue weighted by Gasteiger charge is 2.21. The molecule has 0 aliphatic heterocycles. The van der Waals surface area contributed by atoms with E-state index >= 15 is 0 Å². The second kappa shape index (κ2) is 6.86. The molecule has 7 nitrogen and oxygen atoms in total. The molecule has 116 valence electrons. The molecule has 1 rings (SSSR count). The van der Waals surface area contributed by atoms with E-state index in [-0.39, 0.29) is 11.7 Å². The number of non-ortho nitro benzene ring substituents is 1. The summed E-state index contributed by atoms with van der Waals surface area (Å²) < 4.78 is 27.7. The smallest absolute Gasteiger partial charge is 0.338 e. The highest BCUT2D eigenvalue weighted by molar-refractivity contribution is 8.13. The van der Waals surface area contributed by atoms with Gasteiger partial charge in [0, 0.05) is 22.8 Å². The van der Waals surface area contributed by atoms with Crippen LogP contribution in [0.15, 0.2) is 23.1 Å². The van der Waals surface area contributed by atoms with Crippen LogP contribution in [0.3, 0.4) is 0 Å². The number of esters is 1. The quantitative estimate of drug-likeness (QED) is 0.342. The third-order valence-corrected chi connectivity index (χ3v) is 3.96. The molecule has 0 radical (unpaired) electrons. The van der Waals surface area contributed by atoms with Crippen LogP contribution in [0.5, 0.6) is 0 Å². The maximum atomic E-state index is 11.9. The molecule has 0 spiro atoms. The third-order valence-electron chi connectivity index (χ3n) is 2.62. The first kappa shape index (κ1) is 17.4. The molecule has 0 bridgehead atoms. The van der Waals surface area contributed by atoms with Gasteiger partial charge in [0.1, 0.15) is 0 Å². The van der Waals surface area contributed by atoms with E-state index in [1.807, 2.05) is 6.92 Å². The molecular formula is C12H14ClNO6S. The van der Waals surface area contributed by atoms with Crippen molar-refractivity contribution in [1.82, 2.24) is 0 Å². The summed E-state index contributed by atoms with van der Waals surface area (Å²) in [6.45, 7) is 3.59. The third kappa shape index (κ3) is 4.98. The second-order valence-electron chi connectivity index (χ2n) is 4.42. The maximum Gasteiger partial charge on any atom is 0.338 e. The summed E-state index contributed by atoms with van der Waals surface area (Å²) in [5, 5.41) is 10.8. The van der Waals surface area contributed by atoms with Crippen molar-refractivity contribution in [3.8, 4) is 0 Å². The zero-order valence-electron chi connectivity index (χ0n) is 11.4. The van der Waals surface area contributed by atoms with Gasteiger partial charge in [-0.25, -0.2) is 13.2 Å². The van der Waals surface area contributed by atoms with Gasteiger partial charge in [-0.1, -0.05) is 13.3 Å². The normalized spacial score (nSPS) is 12.7. The molecule has 0 saturated heterocycles. The van der Waals surface area contributed by atoms with E-state index in [0.717, 1.165) is 24.6 Å². The van der Waals surface area contributed by atoms with Crippen molar-refractivity contribution in [2.45, 2.75) is 37.7 Å². The highest BCUT2D eigenvalue weighted by Crippen LogP contribution is 2.24. The van der Waals surface area contributed by atoms with Crippen molar-refractivity contribution in [3.63, 3.8) is 0 Å². The number of nitrogens with zero attached hydrogens (tertiary/aromatic N) is 1. The van der Waals surface area contributed by atoms with Gasteiger partial charge in [-0.2, -0.15) is 0 Å². The summed E-state index contributed by atoms with van der Waals surface area (Å²) in [7, 11) is 0.971. The molecule has 0 heterocycles. The average Bonchev–Trinajstić information content (AvgIpc) is 2.37. The Balaban J connectivity index is 3.20. The number of ether oxygens (including phenoxy) is 1. The summed E-state index contributed by atoms with van der Waals surface area (Å²) >= 11 is 0. The lowest BCUT2D eigenvalue weighted by molar-refractivity contribution is -0.385. The lowest BCUT2D eigenvalue weighted by atomic mass is 10.2. The summed E-state index contributed by atoms with van der Waals surface area (Å²) in [5.41, 5.74) is -0.779. The van der Waals surface area contributed by atoms with E-state index in [1.54, 1.807) is 6.92 Å². The Morgan fingerprint density at radius 2 is 2.05 bits per heavy atom. The van der Waals surface area contributed by atoms with Crippen molar-refractivity contribution in [1.29, 1.82) is 0 Å². The monoisotopic (exact) mass is 335 g/mol. The summed E-state index contributed by atoms with van der Waals surface area (Å²) in [5.74, 6) is -0.832. The number of benzene rings is 1. The standard InChI is InChI=1S/C12H14ClNO6S/c1-3-4-8(2)20-12(15)9-5-10(14(16)17)7-11(6-9)21(13,18)19/h5-8H,3-4H2,1-2H3. The van der Waals surface area contributed by atoms with Crippen LogP contribution < -0.4 is 0 Å². The van der Waals surface area contributed by atoms with Crippen LogP contribution in [0.25, 0.3) is 0 Å². The van der Waals surface area contributed by atoms with Crippen molar-refractivity contribution in [3.05, 3.63) is 33.9 Å². The summed E-state index contributed by atoms with van der Waals surface area (Å²) in [6.07, 6.45) is 1.05. The van der Waals surface area contributed by atoms with Crippen LogP contribution in [0, 0.1) is 10.1 Å². The molecule has 0 saturated carbocycles. The van der Waals surface area contributed by atoms with Gasteiger partial charge in [0.15, 0.2) is 0 Å². The molecule has 9 heteroatoms. The highest BCUT2D eigenvalue weighted by atomic mass is 35.7. The zero-order chi connectivity index (χ0) is 16.2. The predicted molar refractivity (Wildman–Crippen MR) is 75.9 cm³/mol. The molecule has 0 aromatic heterocycles. The second-order valence-corrected chi connectivity index (χ2v) is 6.98. The van der Waals surface area contributed by atoms with Gasteiger partial charge in [0.2, 0.25) is 0 Å². The number of carbonyl (C=O) groups is 1. The molecule has 0 aliphatic carbocycles. The van der Waals surface area contributed by atoms with Crippen molar-refractivity contribution in [2.75, 3.05) is 0 Å². The fraction of sp³-hybridized carbons (Fsp3) is 0.417. The molecule has 0 amide bonds. The van der Waals surface area contributed by atoms with Gasteiger partial charge < -0.3 is 4.74 Å². The molecule has 1 aromatic carbocycles. The fourth-order valence-electron chi connectivity index (χ4n) is 1.66. The molecule has 21 heavy (non-hydrogen) atoms. The van der Waals surface area contributed by atoms with E-state index < -0.39 is 30.5 Å². The van der Waals surface area contributed by atoms with E-state index in [1.165, 1.54) is 0 Å². The Labute approximate surface area is 126 Å². The topological polar surface area (TPSA) is 104 Å². The minimum Gasteiger partial charge on any atom is -0.459 e. The SMILES string of the molecule is CCCC(C)OC(=O)c1cc([N+](=O)[O-])cc(S(=O)(=O)Cl)c1. The van der Waals surface area contributed by atoms with Crippen LogP contribution >= 0.6 is 10.7 Å². The van der Waals surface area contributed by atoms with Crippen molar-refractivity contribution >= 4 is 31.4 Å². The van der Waals surface area contributed by atoms with Crippen LogP contribution in [-0.4, -0.2) is 25.4 Å². The molecule has 0 N–H and O–H groups in total. The largest absolute Gasteiger partial charge is 0.459 e. The first-order valence-corrected chi connectivity index (χ1v) is 8.41. The Hall–Kier alpha value is -1.67. The molecule has 0 fully saturated rings. The fourth-order valence-corrected chi connectivity index (χ4v) is 2.46. The van der Waals surface area contributed by atoms with Crippen LogP contribution in [0.2, 0.25) is 0 Å². The van der Waals surface area contributed by atoms with Crippen molar-refractivity contribution in [2.24, 2.45) is 0 Å². The Kier molecular flexibility index (Phi) is 5.68. The first-order chi connectivity index (χ1) is 9.65. The summed E-state index contributed by atoms with van der Waals surface area (Å²) in [6, 6.07) is 2.69. The number of nitro benzene ring substituents is 1. The summed E-state index contributed by atoms with van der Waals surface area (Å²) in [4.78, 5) is 21.4. The van der Waals surface area contributed by atoms with Crippen molar-refractivity contribution < 1.29 is 22.9 Å². The number of hydrogen-bond donors (Lipinski definition) is 0. The maximum absolute atomic E-state index is 11.9. The number of carbonyl (C=O) groups excluding carboxylic acids is 1. The van der Waals surface area contributed by atoms with Gasteiger partial charge >= 0.3 is 5.97 Å². The van der Waals surface area contributed by atoms with Gasteiger partial charge in [0.05, 0.1) is 21.5 Å². The zero-order valence-corrected chi connectivity index (χ0v) is 13.0. The molecule has 1 aromatic rings. The number of rotatable bonds is 6. The van der Waals surface area contributed by atoms with E-state index in [0.29, 0.717) is 6.42 Å². The van der Waals surface area contributed by atoms with E-state index in [2.05, 4.69) is 0 Å². The predicted octanol–water partition coefficient (Wildman–Crippen LogP) is 2.87. The van der Waals surface area contributed by atoms with E-state index in [9.17, 15) is 23.3 Å². The molecule has 1 atom stereocenters. The van der Waals surface area contributed by atoms with Gasteiger partial charge in [-0.3, -0.25) is 10.1 Å². The first-order valence-electron chi connectivity index (χ1n) is 6.10. The lowest BCUT2D eigenvalue weighted by Gasteiger charge is -2.12. The molecule has 0 aliphatic rings. The Bertz CT molecular complexity index is 658. The number of nitro groups is 1. The minimum absolute atomic E-state index is 0.230. The molecule has 1 unspecified atom stereocenters. The Morgan fingerprint density at radius 1 is 1.43 bits per heavy atom. The van der Waals surface area contributed by atoms with Crippen LogP contribution in [0.4, 0.5) is 5.69 Å². The van der Waals surface area contributed by atoms with Crippen LogP contribution in [0.1, 0.15) is 37.0 Å². The number of halogens is 1. The van der Waals surface area contributed by atoms with E-state index in [4.69, 9.17) is 15.4 Å². The van der Waals surface area contributed by atoms with Gasteiger partial charge in [-0.15, -0.1) is 0 Å². The molecular weight excluding hydrogens is 322 g/mol. The number of hydrogen-bond acceptors (Lipinski definition) is 6. The van der Waals surface area contributed by atoms with Gasteiger partial charge in [0.25, 0.3) is 14.7 Å².